The fourth-order valence-electron chi connectivity index (χ4n) is 3.98. The largest absolute Gasteiger partial charge is 0.481 e. The molecule has 0 bridgehead atoms. The van der Waals surface area contributed by atoms with Crippen LogP contribution in [0.15, 0.2) is 24.3 Å². The van der Waals surface area contributed by atoms with Crippen molar-refractivity contribution in [3.63, 3.8) is 0 Å². The smallest absolute Gasteiger partial charge is 0.305 e. The summed E-state index contributed by atoms with van der Waals surface area (Å²) in [7, 11) is 1.33. The number of nitrogen functional groups attached to an aromatic ring is 1. The molecule has 0 radical (unpaired) electrons. The van der Waals surface area contributed by atoms with Crippen molar-refractivity contribution in [2.45, 2.75) is 38.4 Å². The van der Waals surface area contributed by atoms with Gasteiger partial charge in [0.25, 0.3) is 5.91 Å². The van der Waals surface area contributed by atoms with Crippen LogP contribution in [0, 0.1) is 11.3 Å². The van der Waals surface area contributed by atoms with Crippen molar-refractivity contribution >= 4 is 47.2 Å². The summed E-state index contributed by atoms with van der Waals surface area (Å²) in [6.45, 7) is 1.65. The van der Waals surface area contributed by atoms with Crippen LogP contribution in [-0.2, 0) is 28.8 Å². The number of aliphatic carboxylic acids is 1. The van der Waals surface area contributed by atoms with E-state index in [1.165, 1.54) is 31.3 Å². The first-order valence-corrected chi connectivity index (χ1v) is 12.6. The predicted octanol–water partition coefficient (Wildman–Crippen LogP) is -3.13. The first-order chi connectivity index (χ1) is 19.2. The van der Waals surface area contributed by atoms with Crippen molar-refractivity contribution in [1.29, 1.82) is 5.41 Å². The molecule has 2 rings (SSSR count). The average molecular weight is 575 g/mol. The van der Waals surface area contributed by atoms with E-state index >= 15 is 0 Å². The molecule has 0 spiro atoms. The Balaban J connectivity index is 2.32. The second-order valence-corrected chi connectivity index (χ2v) is 9.61. The number of carboxylic acids is 1. The fourth-order valence-corrected chi connectivity index (χ4v) is 3.98. The van der Waals surface area contributed by atoms with Gasteiger partial charge in [-0.25, -0.2) is 0 Å². The first-order valence-electron chi connectivity index (χ1n) is 12.6. The van der Waals surface area contributed by atoms with Crippen LogP contribution < -0.4 is 32.3 Å². The second-order valence-electron chi connectivity index (χ2n) is 9.61. The number of nitrogens with two attached hydrogens (primary N) is 1. The van der Waals surface area contributed by atoms with Crippen molar-refractivity contribution < 1.29 is 38.7 Å². The Hall–Kier alpha value is -5.02. The summed E-state index contributed by atoms with van der Waals surface area (Å²) in [6.07, 6.45) is -0.785. The number of carbonyl (C=O) groups is 7. The lowest BCUT2D eigenvalue weighted by Crippen LogP contribution is -2.59. The molecule has 1 heterocycles. The number of nitrogens with one attached hydrogen (secondary N) is 6. The number of benzene rings is 1. The average Bonchev–Trinajstić information content (AvgIpc) is 2.90. The highest BCUT2D eigenvalue weighted by Gasteiger charge is 2.34. The first kappa shape index (κ1) is 32.2. The van der Waals surface area contributed by atoms with Crippen LogP contribution in [0.2, 0.25) is 0 Å². The summed E-state index contributed by atoms with van der Waals surface area (Å²) >= 11 is 0. The van der Waals surface area contributed by atoms with E-state index in [4.69, 9.17) is 16.2 Å². The highest BCUT2D eigenvalue weighted by atomic mass is 16.4. The minimum Gasteiger partial charge on any atom is -0.481 e. The number of amides is 6. The van der Waals surface area contributed by atoms with Crippen LogP contribution in [0.3, 0.4) is 0 Å². The molecule has 16 nitrogen and oxygen atoms in total. The SMILES string of the molecule is CC(C)C1C(=O)N[C@@H](CNC(=O)c2ccc(C(=N)N)cc2)C(=O)NCC(=O)N[C@@H](CC(=O)O)C(=O)NCC(=O)N1C. The lowest BCUT2D eigenvalue weighted by atomic mass is 10.0. The molecular formula is C25H34N8O8. The van der Waals surface area contributed by atoms with E-state index in [2.05, 4.69) is 26.6 Å². The summed E-state index contributed by atoms with van der Waals surface area (Å²) < 4.78 is 0. The lowest BCUT2D eigenvalue weighted by molar-refractivity contribution is -0.142. The third-order valence-electron chi connectivity index (χ3n) is 6.14. The minimum atomic E-state index is -1.54. The van der Waals surface area contributed by atoms with Gasteiger partial charge in [0.05, 0.1) is 19.5 Å². The van der Waals surface area contributed by atoms with E-state index < -0.39 is 91.5 Å². The normalized spacial score (nSPS) is 21.0. The number of nitrogens with zero attached hydrogens (tertiary/aromatic N) is 1. The van der Waals surface area contributed by atoms with Gasteiger partial charge in [-0.05, 0) is 18.1 Å². The van der Waals surface area contributed by atoms with Crippen LogP contribution in [-0.4, -0.2) is 102 Å². The van der Waals surface area contributed by atoms with Crippen molar-refractivity contribution in [2.75, 3.05) is 26.7 Å². The van der Waals surface area contributed by atoms with Gasteiger partial charge >= 0.3 is 5.97 Å². The molecule has 1 fully saturated rings. The number of hydrogen-bond donors (Lipinski definition) is 8. The molecule has 1 aromatic rings. The van der Waals surface area contributed by atoms with Gasteiger partial charge in [-0.3, -0.25) is 39.0 Å². The topological polar surface area (TPSA) is 253 Å². The molecule has 6 amide bonds. The second kappa shape index (κ2) is 14.4. The van der Waals surface area contributed by atoms with Gasteiger partial charge in [0.1, 0.15) is 24.0 Å². The predicted molar refractivity (Wildman–Crippen MR) is 143 cm³/mol. The Kier molecular flexibility index (Phi) is 11.3. The van der Waals surface area contributed by atoms with Crippen molar-refractivity contribution in [1.82, 2.24) is 31.5 Å². The molecular weight excluding hydrogens is 540 g/mol. The molecule has 16 heteroatoms. The number of rotatable bonds is 7. The number of likely N-dealkylation sites (N-methyl/N-ethyl adjacent to an activating group) is 1. The highest BCUT2D eigenvalue weighted by molar-refractivity contribution is 5.99. The third kappa shape index (κ3) is 9.29. The number of amidine groups is 1. The van der Waals surface area contributed by atoms with Crippen LogP contribution in [0.5, 0.6) is 0 Å². The molecule has 222 valence electrons. The van der Waals surface area contributed by atoms with Crippen LogP contribution >= 0.6 is 0 Å². The van der Waals surface area contributed by atoms with E-state index in [0.717, 1.165) is 4.90 Å². The fraction of sp³-hybridized carbons (Fsp3) is 0.440. The van der Waals surface area contributed by atoms with Crippen LogP contribution in [0.25, 0.3) is 0 Å². The van der Waals surface area contributed by atoms with Crippen molar-refractivity contribution in [3.05, 3.63) is 35.4 Å². The number of carbonyl (C=O) groups excluding carboxylic acids is 6. The summed E-state index contributed by atoms with van der Waals surface area (Å²) in [4.78, 5) is 89.0. The molecule has 1 aliphatic rings. The Labute approximate surface area is 235 Å². The Morgan fingerprint density at radius 2 is 1.54 bits per heavy atom. The van der Waals surface area contributed by atoms with E-state index in [-0.39, 0.29) is 11.4 Å². The maximum absolute atomic E-state index is 13.3. The van der Waals surface area contributed by atoms with Gasteiger partial charge in [0.2, 0.25) is 29.5 Å². The van der Waals surface area contributed by atoms with Crippen LogP contribution in [0.1, 0.15) is 36.2 Å². The molecule has 0 aliphatic carbocycles. The number of carboxylic acid groups (broad SMARTS) is 1. The Morgan fingerprint density at radius 1 is 0.976 bits per heavy atom. The van der Waals surface area contributed by atoms with E-state index in [9.17, 15) is 33.6 Å². The summed E-state index contributed by atoms with van der Waals surface area (Å²) in [5.74, 6) is -6.77. The van der Waals surface area contributed by atoms with Gasteiger partial charge in [-0.2, -0.15) is 0 Å². The Morgan fingerprint density at radius 3 is 2.10 bits per heavy atom. The zero-order valence-electron chi connectivity index (χ0n) is 22.8. The maximum Gasteiger partial charge on any atom is 0.305 e. The zero-order valence-corrected chi connectivity index (χ0v) is 22.8. The molecule has 0 saturated carbocycles. The summed E-state index contributed by atoms with van der Waals surface area (Å²) in [5, 5.41) is 28.4. The molecule has 3 atom stereocenters. The number of hydrogen-bond acceptors (Lipinski definition) is 8. The Bertz CT molecular complexity index is 1220. The van der Waals surface area contributed by atoms with Gasteiger partial charge in [-0.1, -0.05) is 26.0 Å². The summed E-state index contributed by atoms with van der Waals surface area (Å²) in [6, 6.07) is 1.75. The van der Waals surface area contributed by atoms with Gasteiger partial charge < -0.3 is 42.3 Å². The molecule has 41 heavy (non-hydrogen) atoms. The quantitative estimate of drug-likeness (QED) is 0.121. The highest BCUT2D eigenvalue weighted by Crippen LogP contribution is 2.11. The van der Waals surface area contributed by atoms with Gasteiger partial charge in [0, 0.05) is 24.7 Å². The van der Waals surface area contributed by atoms with Crippen molar-refractivity contribution in [3.8, 4) is 0 Å². The molecule has 9 N–H and O–H groups in total. The van der Waals surface area contributed by atoms with Gasteiger partial charge in [-0.15, -0.1) is 0 Å². The summed E-state index contributed by atoms with van der Waals surface area (Å²) in [5.41, 5.74) is 6.00. The molecule has 1 aliphatic heterocycles. The van der Waals surface area contributed by atoms with Crippen molar-refractivity contribution in [2.24, 2.45) is 11.7 Å². The lowest BCUT2D eigenvalue weighted by Gasteiger charge is -2.31. The third-order valence-corrected chi connectivity index (χ3v) is 6.14. The molecule has 1 unspecified atom stereocenters. The van der Waals surface area contributed by atoms with E-state index in [0.29, 0.717) is 5.56 Å². The molecule has 1 saturated heterocycles. The zero-order chi connectivity index (χ0) is 30.9. The maximum atomic E-state index is 13.3. The van der Waals surface area contributed by atoms with Crippen LogP contribution in [0.4, 0.5) is 0 Å². The monoisotopic (exact) mass is 574 g/mol. The molecule has 1 aromatic carbocycles. The minimum absolute atomic E-state index is 0.185. The standard InChI is InChI=1S/C25H34N8O8/c1-12(2)20-25(41)32-16(9-28-22(38)14-6-4-13(5-7-14)21(26)27)24(40)29-10-17(34)31-15(8-19(36)37)23(39)30-11-18(35)33(20)3/h4-7,12,15-16,20H,8-11H2,1-3H3,(H3,26,27)(H,28,38)(H,29,40)(H,30,39)(H,31,34)(H,32,41)(H,36,37)/t15-,16-,20?/m0/s1. The van der Waals surface area contributed by atoms with E-state index in [1.807, 2.05) is 0 Å². The molecule has 0 aromatic heterocycles. The van der Waals surface area contributed by atoms with Gasteiger partial charge in [0.15, 0.2) is 0 Å². The van der Waals surface area contributed by atoms with E-state index in [1.54, 1.807) is 13.8 Å².